The number of nitrogens with one attached hydrogen (secondary N) is 3. The van der Waals surface area contributed by atoms with Crippen molar-refractivity contribution in [2.45, 2.75) is 32.6 Å². The zero-order chi connectivity index (χ0) is 19.5. The molecule has 2 amide bonds. The van der Waals surface area contributed by atoms with Gasteiger partial charge in [0.2, 0.25) is 10.0 Å². The van der Waals surface area contributed by atoms with Crippen molar-refractivity contribution in [3.05, 3.63) is 52.5 Å². The smallest absolute Gasteiger partial charge is 0.273 e. The molecule has 1 heterocycles. The maximum atomic E-state index is 12.2. The van der Waals surface area contributed by atoms with Gasteiger partial charge >= 0.3 is 0 Å². The molecule has 3 N–H and O–H groups in total. The van der Waals surface area contributed by atoms with E-state index >= 15 is 0 Å². The summed E-state index contributed by atoms with van der Waals surface area (Å²) < 4.78 is 31.9. The van der Waals surface area contributed by atoms with Crippen LogP contribution in [0.5, 0.6) is 0 Å². The summed E-state index contributed by atoms with van der Waals surface area (Å²) in [4.78, 5) is 23.8. The topological polar surface area (TPSA) is 118 Å². The molecule has 0 radical (unpaired) electrons. The van der Waals surface area contributed by atoms with Crippen LogP contribution in [0, 0.1) is 27.7 Å². The Kier molecular flexibility index (Phi) is 5.83. The largest absolute Gasteiger partial charge is 0.466 e. The van der Waals surface area contributed by atoms with Gasteiger partial charge in [0.25, 0.3) is 11.8 Å². The second kappa shape index (κ2) is 7.71. The van der Waals surface area contributed by atoms with Crippen molar-refractivity contribution in [3.63, 3.8) is 0 Å². The van der Waals surface area contributed by atoms with Gasteiger partial charge in [-0.2, -0.15) is 0 Å². The molecule has 8 nitrogen and oxygen atoms in total. The van der Waals surface area contributed by atoms with Crippen LogP contribution in [-0.4, -0.2) is 26.8 Å². The van der Waals surface area contributed by atoms with Crippen LogP contribution in [0.4, 0.5) is 0 Å². The molecule has 0 aliphatic carbocycles. The number of rotatable bonds is 5. The number of furan rings is 1. The lowest BCUT2D eigenvalue weighted by Crippen LogP contribution is -2.46. The van der Waals surface area contributed by atoms with Crippen LogP contribution in [-0.2, 0) is 14.8 Å². The molecule has 140 valence electrons. The van der Waals surface area contributed by atoms with Crippen LogP contribution >= 0.6 is 0 Å². The van der Waals surface area contributed by atoms with Crippen LogP contribution in [0.1, 0.15) is 33.0 Å². The summed E-state index contributed by atoms with van der Waals surface area (Å²) in [6, 6.07) is 6.23. The van der Waals surface area contributed by atoms with Crippen LogP contribution < -0.4 is 15.6 Å². The molecule has 0 saturated heterocycles. The number of aryl methyl sites for hydroxylation is 4. The number of benzene rings is 1. The zero-order valence-corrected chi connectivity index (χ0v) is 15.8. The normalized spacial score (nSPS) is 11.2. The Morgan fingerprint density at radius 3 is 2.27 bits per heavy atom. The highest BCUT2D eigenvalue weighted by Crippen LogP contribution is 2.14. The van der Waals surface area contributed by atoms with Crippen molar-refractivity contribution in [1.82, 2.24) is 15.6 Å². The number of carbonyl (C=O) groups is 2. The Balaban J connectivity index is 1.90. The highest BCUT2D eigenvalue weighted by atomic mass is 32.2. The second-order valence-electron chi connectivity index (χ2n) is 5.90. The minimum absolute atomic E-state index is 0.0712. The molecule has 0 spiro atoms. The molecule has 2 rings (SSSR count). The van der Waals surface area contributed by atoms with E-state index in [0.29, 0.717) is 17.1 Å². The molecule has 1 aromatic heterocycles. The number of amides is 2. The van der Waals surface area contributed by atoms with Gasteiger partial charge in [-0.1, -0.05) is 6.07 Å². The lowest BCUT2D eigenvalue weighted by atomic mass is 10.1. The highest BCUT2D eigenvalue weighted by molar-refractivity contribution is 7.89. The summed E-state index contributed by atoms with van der Waals surface area (Å²) in [5, 5.41) is 0. The molecule has 9 heteroatoms. The molecular weight excluding hydrogens is 358 g/mol. The Morgan fingerprint density at radius 2 is 1.69 bits per heavy atom. The fourth-order valence-corrected chi connectivity index (χ4v) is 3.29. The van der Waals surface area contributed by atoms with Crippen molar-refractivity contribution in [1.29, 1.82) is 0 Å². The molecule has 0 unspecified atom stereocenters. The van der Waals surface area contributed by atoms with E-state index in [2.05, 4.69) is 15.6 Å². The first kappa shape index (κ1) is 19.7. The van der Waals surface area contributed by atoms with Gasteiger partial charge in [0.1, 0.15) is 11.5 Å². The van der Waals surface area contributed by atoms with E-state index in [1.807, 2.05) is 6.92 Å². The second-order valence-corrected chi connectivity index (χ2v) is 7.67. The van der Waals surface area contributed by atoms with Gasteiger partial charge in [0, 0.05) is 0 Å². The summed E-state index contributed by atoms with van der Waals surface area (Å²) in [7, 11) is -3.83. The predicted octanol–water partition coefficient (Wildman–Crippen LogP) is 1.25. The molecule has 0 fully saturated rings. The number of hydrazine groups is 1. The third-order valence-electron chi connectivity index (χ3n) is 3.81. The van der Waals surface area contributed by atoms with Crippen molar-refractivity contribution in [2.75, 3.05) is 6.54 Å². The van der Waals surface area contributed by atoms with E-state index in [4.69, 9.17) is 4.42 Å². The number of carbonyl (C=O) groups excluding carboxylic acids is 2. The Bertz CT molecular complexity index is 947. The van der Waals surface area contributed by atoms with Crippen LogP contribution in [0.3, 0.4) is 0 Å². The average Bonchev–Trinajstić information content (AvgIpc) is 2.91. The lowest BCUT2D eigenvalue weighted by Gasteiger charge is -2.10. The van der Waals surface area contributed by atoms with Crippen LogP contribution in [0.25, 0.3) is 0 Å². The van der Waals surface area contributed by atoms with Gasteiger partial charge in [-0.3, -0.25) is 20.4 Å². The molecule has 0 saturated carbocycles. The van der Waals surface area contributed by atoms with Gasteiger partial charge < -0.3 is 4.42 Å². The molecule has 2 aromatic rings. The zero-order valence-electron chi connectivity index (χ0n) is 15.0. The number of hydrogen-bond donors (Lipinski definition) is 3. The summed E-state index contributed by atoms with van der Waals surface area (Å²) in [5.74, 6) is -0.266. The molecule has 0 bridgehead atoms. The first-order chi connectivity index (χ1) is 12.1. The summed E-state index contributed by atoms with van der Waals surface area (Å²) in [5.41, 5.74) is 6.45. The Hall–Kier alpha value is -2.65. The number of hydrogen-bond acceptors (Lipinski definition) is 5. The Morgan fingerprint density at radius 1 is 1.00 bits per heavy atom. The van der Waals surface area contributed by atoms with Crippen molar-refractivity contribution < 1.29 is 22.4 Å². The van der Waals surface area contributed by atoms with Gasteiger partial charge in [-0.15, -0.1) is 0 Å². The van der Waals surface area contributed by atoms with Crippen LogP contribution in [0.2, 0.25) is 0 Å². The fraction of sp³-hybridized carbons (Fsp3) is 0.294. The predicted molar refractivity (Wildman–Crippen MR) is 94.9 cm³/mol. The van der Waals surface area contributed by atoms with E-state index in [-0.39, 0.29) is 4.90 Å². The van der Waals surface area contributed by atoms with E-state index < -0.39 is 28.4 Å². The molecule has 0 aliphatic rings. The molecule has 26 heavy (non-hydrogen) atoms. The first-order valence-electron chi connectivity index (χ1n) is 7.83. The maximum Gasteiger partial charge on any atom is 0.273 e. The fourth-order valence-electron chi connectivity index (χ4n) is 2.22. The highest BCUT2D eigenvalue weighted by Gasteiger charge is 2.17. The summed E-state index contributed by atoms with van der Waals surface area (Å²) in [6.45, 7) is 6.49. The first-order valence-corrected chi connectivity index (χ1v) is 9.31. The minimum atomic E-state index is -3.83. The third-order valence-corrected chi connectivity index (χ3v) is 5.21. The Labute approximate surface area is 152 Å². The van der Waals surface area contributed by atoms with Gasteiger partial charge in [0.05, 0.1) is 17.0 Å². The van der Waals surface area contributed by atoms with Gasteiger partial charge in [-0.25, -0.2) is 13.1 Å². The van der Waals surface area contributed by atoms with Gasteiger partial charge in [-0.05, 0) is 57.0 Å². The third kappa shape index (κ3) is 4.70. The van der Waals surface area contributed by atoms with E-state index in [1.165, 1.54) is 12.1 Å². The van der Waals surface area contributed by atoms with E-state index in [9.17, 15) is 18.0 Å². The molecule has 1 aromatic carbocycles. The number of sulfonamides is 1. The maximum absolute atomic E-state index is 12.2. The monoisotopic (exact) mass is 379 g/mol. The van der Waals surface area contributed by atoms with Crippen molar-refractivity contribution in [3.8, 4) is 0 Å². The average molecular weight is 379 g/mol. The standard InChI is InChI=1S/C17H21N3O5S/c1-10-5-6-14(7-11(10)2)26(23,24)18-9-16(21)19-20-17(22)15-8-12(3)25-13(15)4/h5-8,18H,9H2,1-4H3,(H,19,21)(H,20,22). The quantitative estimate of drug-likeness (QED) is 0.676. The summed E-state index contributed by atoms with van der Waals surface area (Å²) >= 11 is 0. The SMILES string of the molecule is Cc1cc(C(=O)NNC(=O)CNS(=O)(=O)c2ccc(C)c(C)c2)c(C)o1. The van der Waals surface area contributed by atoms with Crippen LogP contribution in [0.15, 0.2) is 33.6 Å². The van der Waals surface area contributed by atoms with E-state index in [1.54, 1.807) is 32.9 Å². The molecule has 0 atom stereocenters. The van der Waals surface area contributed by atoms with E-state index in [0.717, 1.165) is 11.1 Å². The minimum Gasteiger partial charge on any atom is -0.466 e. The van der Waals surface area contributed by atoms with Crippen molar-refractivity contribution in [2.24, 2.45) is 0 Å². The van der Waals surface area contributed by atoms with Crippen molar-refractivity contribution >= 4 is 21.8 Å². The van der Waals surface area contributed by atoms with Gasteiger partial charge in [0.15, 0.2) is 0 Å². The molecule has 0 aliphatic heterocycles. The molecular formula is C17H21N3O5S. The lowest BCUT2D eigenvalue weighted by molar-refractivity contribution is -0.120. The summed E-state index contributed by atoms with van der Waals surface area (Å²) in [6.07, 6.45) is 0.